The van der Waals surface area contributed by atoms with Crippen LogP contribution in [-0.4, -0.2) is 53.9 Å². The Bertz CT molecular complexity index is 627. The Kier molecular flexibility index (Phi) is 15.0. The van der Waals surface area contributed by atoms with Gasteiger partial charge in [0.1, 0.15) is 5.60 Å². The Morgan fingerprint density at radius 3 is 2.23 bits per heavy atom. The van der Waals surface area contributed by atoms with Gasteiger partial charge in [0.2, 0.25) is 11.8 Å². The van der Waals surface area contributed by atoms with E-state index in [0.717, 1.165) is 45.1 Å². The van der Waals surface area contributed by atoms with Crippen LogP contribution in [0.1, 0.15) is 112 Å². The van der Waals surface area contributed by atoms with Crippen LogP contribution >= 0.6 is 0 Å². The minimum Gasteiger partial charge on any atom is -0.444 e. The topological polar surface area (TPSA) is 117 Å². The number of aliphatic hydroxyl groups excluding tert-OH is 1. The van der Waals surface area contributed by atoms with Gasteiger partial charge in [-0.3, -0.25) is 9.59 Å². The van der Waals surface area contributed by atoms with Gasteiger partial charge in [-0.2, -0.15) is 0 Å². The van der Waals surface area contributed by atoms with Crippen LogP contribution in [0.15, 0.2) is 0 Å². The summed E-state index contributed by atoms with van der Waals surface area (Å²) in [6.07, 6.45) is 8.69. The molecule has 4 N–H and O–H groups in total. The molecule has 0 heterocycles. The van der Waals surface area contributed by atoms with Crippen LogP contribution in [-0.2, 0) is 14.3 Å². The Hall–Kier alpha value is -1.83. The average Bonchev–Trinajstić information content (AvgIpc) is 2.74. The first kappa shape index (κ1) is 31.2. The number of aliphatic hydroxyl groups is 1. The number of unbranched alkanes of at least 4 members (excludes halogenated alkanes) is 2. The van der Waals surface area contributed by atoms with Crippen LogP contribution in [0, 0.1) is 11.8 Å². The van der Waals surface area contributed by atoms with Crippen molar-refractivity contribution in [2.75, 3.05) is 13.1 Å². The third-order valence-electron chi connectivity index (χ3n) is 6.32. The van der Waals surface area contributed by atoms with Crippen LogP contribution in [0.2, 0.25) is 0 Å². The molecular formula is C27H51N3O5. The first-order valence-corrected chi connectivity index (χ1v) is 13.7. The molecule has 1 saturated carbocycles. The van der Waals surface area contributed by atoms with Gasteiger partial charge in [-0.05, 0) is 58.3 Å². The zero-order valence-corrected chi connectivity index (χ0v) is 22.8. The number of rotatable bonds is 15. The Balaban J connectivity index is 2.36. The second-order valence-electron chi connectivity index (χ2n) is 11.5. The summed E-state index contributed by atoms with van der Waals surface area (Å²) in [6, 6.07) is -0.520. The van der Waals surface area contributed by atoms with Crippen LogP contribution in [0.5, 0.6) is 0 Å². The molecule has 3 amide bonds. The predicted octanol–water partition coefficient (Wildman–Crippen LogP) is 4.44. The summed E-state index contributed by atoms with van der Waals surface area (Å²) in [7, 11) is 0. The van der Waals surface area contributed by atoms with Crippen LogP contribution in [0.4, 0.5) is 4.79 Å². The monoisotopic (exact) mass is 497 g/mol. The molecular weight excluding hydrogens is 446 g/mol. The fourth-order valence-corrected chi connectivity index (χ4v) is 4.36. The van der Waals surface area contributed by atoms with Crippen molar-refractivity contribution >= 4 is 17.9 Å². The van der Waals surface area contributed by atoms with Crippen LogP contribution in [0.3, 0.4) is 0 Å². The standard InChI is InChI=1S/C27H51N3O5/c1-20(2)15-17-29-24(32)14-10-7-11-16-28-25(33)19-23(31)22(18-21-12-8-6-9-13-21)30-26(34)35-27(3,4)5/h20-23,31H,6-19H2,1-5H3,(H,28,33)(H,29,32)(H,30,34)/t22-,23+/m0/s1. The molecule has 8 heteroatoms. The summed E-state index contributed by atoms with van der Waals surface area (Å²) >= 11 is 0. The summed E-state index contributed by atoms with van der Waals surface area (Å²) in [5.41, 5.74) is -0.628. The van der Waals surface area contributed by atoms with Crippen molar-refractivity contribution in [1.29, 1.82) is 0 Å². The first-order chi connectivity index (χ1) is 16.5. The van der Waals surface area contributed by atoms with Gasteiger partial charge in [0.05, 0.1) is 18.6 Å². The molecule has 0 saturated heterocycles. The lowest BCUT2D eigenvalue weighted by Gasteiger charge is -2.31. The molecule has 8 nitrogen and oxygen atoms in total. The molecule has 1 rings (SSSR count). The number of alkyl carbamates (subject to hydrolysis) is 1. The van der Waals surface area contributed by atoms with Crippen molar-refractivity contribution in [2.45, 2.75) is 129 Å². The smallest absolute Gasteiger partial charge is 0.407 e. The van der Waals surface area contributed by atoms with Crippen molar-refractivity contribution < 1.29 is 24.2 Å². The number of nitrogens with one attached hydrogen (secondary N) is 3. The highest BCUT2D eigenvalue weighted by atomic mass is 16.6. The number of hydrogen-bond acceptors (Lipinski definition) is 5. The van der Waals surface area contributed by atoms with E-state index in [-0.39, 0.29) is 18.2 Å². The normalized spacial score (nSPS) is 16.4. The second kappa shape index (κ2) is 16.8. The number of hydrogen-bond donors (Lipinski definition) is 4. The zero-order chi connectivity index (χ0) is 26.3. The molecule has 1 fully saturated rings. The van der Waals surface area contributed by atoms with Crippen molar-refractivity contribution in [3.05, 3.63) is 0 Å². The minimum absolute atomic E-state index is 0.0640. The van der Waals surface area contributed by atoms with Gasteiger partial charge in [-0.25, -0.2) is 4.79 Å². The molecule has 0 aromatic heterocycles. The molecule has 1 aliphatic rings. The summed E-state index contributed by atoms with van der Waals surface area (Å²) in [5, 5.41) is 19.4. The van der Waals surface area contributed by atoms with E-state index in [0.29, 0.717) is 31.2 Å². The quantitative estimate of drug-likeness (QED) is 0.250. The van der Waals surface area contributed by atoms with Crippen molar-refractivity contribution in [2.24, 2.45) is 11.8 Å². The summed E-state index contributed by atoms with van der Waals surface area (Å²) in [4.78, 5) is 36.5. The maximum Gasteiger partial charge on any atom is 0.407 e. The molecule has 1 aliphatic carbocycles. The van der Waals surface area contributed by atoms with Gasteiger partial charge in [-0.15, -0.1) is 0 Å². The van der Waals surface area contributed by atoms with Gasteiger partial charge >= 0.3 is 6.09 Å². The fraction of sp³-hybridized carbons (Fsp3) is 0.889. The van der Waals surface area contributed by atoms with E-state index in [1.54, 1.807) is 20.8 Å². The maximum absolute atomic E-state index is 12.4. The Morgan fingerprint density at radius 1 is 0.943 bits per heavy atom. The molecule has 0 aromatic rings. The minimum atomic E-state index is -0.973. The highest BCUT2D eigenvalue weighted by molar-refractivity contribution is 5.77. The van der Waals surface area contributed by atoms with E-state index in [4.69, 9.17) is 4.74 Å². The van der Waals surface area contributed by atoms with E-state index in [1.807, 2.05) is 0 Å². The summed E-state index contributed by atoms with van der Waals surface area (Å²) in [5.74, 6) is 0.861. The van der Waals surface area contributed by atoms with Gasteiger partial charge in [0.25, 0.3) is 0 Å². The van der Waals surface area contributed by atoms with E-state index < -0.39 is 23.8 Å². The van der Waals surface area contributed by atoms with Crippen molar-refractivity contribution in [1.82, 2.24) is 16.0 Å². The maximum atomic E-state index is 12.4. The number of carbonyl (C=O) groups excluding carboxylic acids is 3. The molecule has 0 aliphatic heterocycles. The molecule has 35 heavy (non-hydrogen) atoms. The van der Waals surface area contributed by atoms with E-state index >= 15 is 0 Å². The highest BCUT2D eigenvalue weighted by Crippen LogP contribution is 2.28. The largest absolute Gasteiger partial charge is 0.444 e. The lowest BCUT2D eigenvalue weighted by atomic mass is 9.83. The summed E-state index contributed by atoms with van der Waals surface area (Å²) in [6.45, 7) is 10.9. The predicted molar refractivity (Wildman–Crippen MR) is 139 cm³/mol. The average molecular weight is 498 g/mol. The molecule has 0 bridgehead atoms. The van der Waals surface area contributed by atoms with E-state index in [1.165, 1.54) is 19.3 Å². The highest BCUT2D eigenvalue weighted by Gasteiger charge is 2.29. The summed E-state index contributed by atoms with van der Waals surface area (Å²) < 4.78 is 5.37. The number of amides is 3. The van der Waals surface area contributed by atoms with Crippen LogP contribution in [0.25, 0.3) is 0 Å². The van der Waals surface area contributed by atoms with Crippen LogP contribution < -0.4 is 16.0 Å². The number of carbonyl (C=O) groups is 3. The lowest BCUT2D eigenvalue weighted by Crippen LogP contribution is -2.48. The Morgan fingerprint density at radius 2 is 1.60 bits per heavy atom. The molecule has 0 spiro atoms. The van der Waals surface area contributed by atoms with Crippen molar-refractivity contribution in [3.8, 4) is 0 Å². The van der Waals surface area contributed by atoms with Crippen molar-refractivity contribution in [3.63, 3.8) is 0 Å². The van der Waals surface area contributed by atoms with E-state index in [2.05, 4.69) is 29.8 Å². The molecule has 0 radical (unpaired) electrons. The van der Waals surface area contributed by atoms with Gasteiger partial charge < -0.3 is 25.8 Å². The van der Waals surface area contributed by atoms with E-state index in [9.17, 15) is 19.5 Å². The fourth-order valence-electron chi connectivity index (χ4n) is 4.36. The third-order valence-corrected chi connectivity index (χ3v) is 6.32. The lowest BCUT2D eigenvalue weighted by molar-refractivity contribution is -0.124. The SMILES string of the molecule is CC(C)CCNC(=O)CCCCCNC(=O)C[C@@H](O)[C@H](CC1CCCCC1)NC(=O)OC(C)(C)C. The first-order valence-electron chi connectivity index (χ1n) is 13.7. The third kappa shape index (κ3) is 16.5. The number of ether oxygens (including phenoxy) is 1. The molecule has 0 aromatic carbocycles. The Labute approximate surface area is 212 Å². The molecule has 204 valence electrons. The van der Waals surface area contributed by atoms with Gasteiger partial charge in [0, 0.05) is 19.5 Å². The second-order valence-corrected chi connectivity index (χ2v) is 11.5. The van der Waals surface area contributed by atoms with Gasteiger partial charge in [0.15, 0.2) is 0 Å². The molecule has 0 unspecified atom stereocenters. The van der Waals surface area contributed by atoms with Gasteiger partial charge in [-0.1, -0.05) is 52.4 Å². The zero-order valence-electron chi connectivity index (χ0n) is 22.8. The molecule has 2 atom stereocenters.